The maximum absolute atomic E-state index is 11.2. The predicted octanol–water partition coefficient (Wildman–Crippen LogP) is 12.4. The lowest BCUT2D eigenvalue weighted by atomic mass is 9.90. The zero-order valence-electron chi connectivity index (χ0n) is 30.2. The molecule has 6 rings (SSSR count). The third-order valence-electron chi connectivity index (χ3n) is 9.58. The monoisotopic (exact) mass is 697 g/mol. The topological polar surface area (TPSA) is 66.4 Å². The molecule has 0 fully saturated rings. The second-order valence-corrected chi connectivity index (χ2v) is 14.7. The molecular weight excluding hydrogens is 649 g/mol. The first kappa shape index (κ1) is 37.7. The van der Waals surface area contributed by atoms with Crippen molar-refractivity contribution in [3.8, 4) is 0 Å². The molecule has 1 unspecified atom stereocenters. The molecule has 0 bridgehead atoms. The molecule has 0 aromatic heterocycles. The largest absolute Gasteiger partial charge is 0.726 e. The Morgan fingerprint density at radius 1 is 0.627 bits per heavy atom. The molecule has 0 spiro atoms. The molecule has 4 nitrogen and oxygen atoms in total. The minimum atomic E-state index is -4.77. The molecule has 0 amide bonds. The average Bonchev–Trinajstić information content (AvgIpc) is 3.12. The number of aryl methyl sites for hydroxylation is 2. The number of hydrogen-bond acceptors (Lipinski definition) is 4. The van der Waals surface area contributed by atoms with Gasteiger partial charge in [-0.2, -0.15) is 0 Å². The number of benzene rings is 6. The molecule has 0 N–H and O–H groups in total. The van der Waals surface area contributed by atoms with Crippen LogP contribution in [0.15, 0.2) is 140 Å². The van der Waals surface area contributed by atoms with Crippen LogP contribution in [0.3, 0.4) is 0 Å². The second kappa shape index (κ2) is 18.1. The summed E-state index contributed by atoms with van der Waals surface area (Å²) in [4.78, 5) is 0. The summed E-state index contributed by atoms with van der Waals surface area (Å²) >= 11 is 0. The Bertz CT molecular complexity index is 2160. The maximum atomic E-state index is 11.2. The first-order valence-corrected chi connectivity index (χ1v) is 19.3. The maximum Gasteiger partial charge on any atom is 0.218 e. The van der Waals surface area contributed by atoms with E-state index in [0.29, 0.717) is 18.3 Å². The summed E-state index contributed by atoms with van der Waals surface area (Å²) < 4.78 is 38.4. The van der Waals surface area contributed by atoms with Crippen LogP contribution in [0, 0.1) is 13.8 Å². The molecule has 0 saturated carbocycles. The highest BCUT2D eigenvalue weighted by Crippen LogP contribution is 2.32. The number of hydrogen-bond donors (Lipinski definition) is 0. The zero-order chi connectivity index (χ0) is 36.2. The van der Waals surface area contributed by atoms with Gasteiger partial charge in [0.2, 0.25) is 10.4 Å². The van der Waals surface area contributed by atoms with Crippen molar-refractivity contribution in [2.45, 2.75) is 77.7 Å². The third kappa shape index (κ3) is 11.2. The van der Waals surface area contributed by atoms with Crippen LogP contribution < -0.4 is 0 Å². The Hall–Kier alpha value is -4.55. The standard InChI is InChI=1S/C23H26O4S.C23H24/c1-17-8-5-12-20(16-17)23(27-28(24,25)26)15-6-9-18(2)21-14-7-11-19-10-3-4-13-22(19)21;1-18-9-7-12-20(17-18)11-4-3-10-19(2)22-16-8-14-21-13-5-6-15-23(21)22/h3-5,7-8,10-14,16,18,23H,6,9,15H2,1-2H3,(H,24,25,26);4-9,11-17,19H,3,10H2,1-2H3/p-1/b;11-4+/t18-,23?;19-/m00/s1. The first-order chi connectivity index (χ1) is 24.6. The second-order valence-electron chi connectivity index (χ2n) is 13.7. The van der Waals surface area contributed by atoms with Gasteiger partial charge < -0.3 is 4.55 Å². The molecule has 0 heterocycles. The van der Waals surface area contributed by atoms with Crippen molar-refractivity contribution >= 4 is 38.0 Å². The fourth-order valence-corrected chi connectivity index (χ4v) is 7.40. The summed E-state index contributed by atoms with van der Waals surface area (Å²) in [6.45, 7) is 8.58. The van der Waals surface area contributed by atoms with Crippen molar-refractivity contribution in [2.75, 3.05) is 0 Å². The number of fused-ring (bicyclic) bond motifs is 2. The lowest BCUT2D eigenvalue weighted by molar-refractivity contribution is 0.167. The number of rotatable bonds is 13. The Balaban J connectivity index is 0.000000201. The molecule has 6 aromatic rings. The van der Waals surface area contributed by atoms with Gasteiger partial charge in [-0.3, -0.25) is 4.18 Å². The van der Waals surface area contributed by atoms with E-state index in [1.54, 1.807) is 6.07 Å². The van der Waals surface area contributed by atoms with E-state index in [9.17, 15) is 13.0 Å². The molecule has 0 saturated heterocycles. The van der Waals surface area contributed by atoms with Gasteiger partial charge in [0.15, 0.2) is 0 Å². The van der Waals surface area contributed by atoms with Crippen molar-refractivity contribution in [3.05, 3.63) is 173 Å². The highest BCUT2D eigenvalue weighted by Gasteiger charge is 2.17. The van der Waals surface area contributed by atoms with Gasteiger partial charge in [0.1, 0.15) is 6.10 Å². The van der Waals surface area contributed by atoms with Gasteiger partial charge in [0.05, 0.1) is 0 Å². The van der Waals surface area contributed by atoms with Gasteiger partial charge in [-0.15, -0.1) is 0 Å². The van der Waals surface area contributed by atoms with Crippen molar-refractivity contribution < 1.29 is 17.2 Å². The molecule has 5 heteroatoms. The molecule has 0 aliphatic heterocycles. The Kier molecular flexibility index (Phi) is 13.4. The van der Waals surface area contributed by atoms with E-state index < -0.39 is 16.5 Å². The van der Waals surface area contributed by atoms with Crippen LogP contribution in [-0.4, -0.2) is 13.0 Å². The van der Waals surface area contributed by atoms with Crippen molar-refractivity contribution in [2.24, 2.45) is 0 Å². The summed E-state index contributed by atoms with van der Waals surface area (Å²) in [7, 11) is -4.77. The summed E-state index contributed by atoms with van der Waals surface area (Å²) in [6, 6.07) is 46.0. The third-order valence-corrected chi connectivity index (χ3v) is 10.0. The van der Waals surface area contributed by atoms with E-state index in [0.717, 1.165) is 30.4 Å². The smallest absolute Gasteiger partial charge is 0.218 e. The van der Waals surface area contributed by atoms with Crippen molar-refractivity contribution in [1.82, 2.24) is 0 Å². The van der Waals surface area contributed by atoms with Gasteiger partial charge in [-0.05, 0) is 102 Å². The fraction of sp³-hybridized carbons (Fsp3) is 0.261. The highest BCUT2D eigenvalue weighted by molar-refractivity contribution is 7.80. The predicted molar refractivity (Wildman–Crippen MR) is 213 cm³/mol. The molecule has 6 aromatic carbocycles. The number of allylic oxidation sites excluding steroid dienone is 1. The first-order valence-electron chi connectivity index (χ1n) is 18.0. The molecule has 0 aliphatic rings. The summed E-state index contributed by atoms with van der Waals surface area (Å²) in [6.07, 6.45) is 8.17. The molecule has 0 aliphatic carbocycles. The molecular formula is C46H49O4S-. The normalized spacial score (nSPS) is 13.5. The Labute approximate surface area is 304 Å². The summed E-state index contributed by atoms with van der Waals surface area (Å²) in [5.74, 6) is 0.886. The summed E-state index contributed by atoms with van der Waals surface area (Å²) in [5, 5.41) is 5.19. The van der Waals surface area contributed by atoms with E-state index in [1.807, 2.05) is 37.3 Å². The lowest BCUT2D eigenvalue weighted by Gasteiger charge is -2.21. The Morgan fingerprint density at radius 2 is 1.16 bits per heavy atom. The molecule has 264 valence electrons. The summed E-state index contributed by atoms with van der Waals surface area (Å²) in [5.41, 5.74) is 7.07. The van der Waals surface area contributed by atoms with Gasteiger partial charge in [-0.1, -0.05) is 171 Å². The van der Waals surface area contributed by atoms with Crippen molar-refractivity contribution in [3.63, 3.8) is 0 Å². The fourth-order valence-electron chi connectivity index (χ4n) is 6.90. The Morgan fingerprint density at radius 3 is 1.75 bits per heavy atom. The van der Waals surface area contributed by atoms with Crippen LogP contribution in [0.2, 0.25) is 0 Å². The van der Waals surface area contributed by atoms with E-state index in [1.165, 1.54) is 50.2 Å². The van der Waals surface area contributed by atoms with Crippen LogP contribution in [0.1, 0.15) is 97.3 Å². The quantitative estimate of drug-likeness (QED) is 0.0890. The van der Waals surface area contributed by atoms with Gasteiger partial charge in [0.25, 0.3) is 0 Å². The molecule has 3 atom stereocenters. The van der Waals surface area contributed by atoms with Gasteiger partial charge in [0, 0.05) is 0 Å². The van der Waals surface area contributed by atoms with Crippen LogP contribution in [0.5, 0.6) is 0 Å². The minimum absolute atomic E-state index is 0.313. The van der Waals surface area contributed by atoms with E-state index >= 15 is 0 Å². The van der Waals surface area contributed by atoms with Crippen LogP contribution >= 0.6 is 0 Å². The van der Waals surface area contributed by atoms with Gasteiger partial charge in [-0.25, -0.2) is 8.42 Å². The van der Waals surface area contributed by atoms with Crippen LogP contribution in [0.25, 0.3) is 27.6 Å². The van der Waals surface area contributed by atoms with E-state index in [4.69, 9.17) is 4.18 Å². The minimum Gasteiger partial charge on any atom is -0.726 e. The molecule has 51 heavy (non-hydrogen) atoms. The molecule has 0 radical (unpaired) electrons. The van der Waals surface area contributed by atoms with Crippen LogP contribution in [0.4, 0.5) is 0 Å². The van der Waals surface area contributed by atoms with Gasteiger partial charge >= 0.3 is 0 Å². The SMILES string of the molecule is Cc1cccc(/C=C/CC[C@H](C)c2cccc3ccccc23)c1.Cc1cccc(C(CCC[C@H](C)c2cccc3ccccc23)OS(=O)(=O)[O-])c1. The lowest BCUT2D eigenvalue weighted by Crippen LogP contribution is -2.12. The van der Waals surface area contributed by atoms with Crippen molar-refractivity contribution in [1.29, 1.82) is 0 Å². The van der Waals surface area contributed by atoms with E-state index in [2.05, 4.69) is 130 Å². The van der Waals surface area contributed by atoms with E-state index in [-0.39, 0.29) is 0 Å². The highest BCUT2D eigenvalue weighted by atomic mass is 32.3. The van der Waals surface area contributed by atoms with Crippen LogP contribution in [-0.2, 0) is 14.6 Å². The zero-order valence-corrected chi connectivity index (χ0v) is 31.0. The average molecular weight is 698 g/mol.